The van der Waals surface area contributed by atoms with E-state index in [-0.39, 0.29) is 13.0 Å². The molecule has 4 atom stereocenters. The Hall–Kier alpha value is -5.84. The topological polar surface area (TPSA) is 225 Å². The Morgan fingerprint density at radius 3 is 1.88 bits per heavy atom. The van der Waals surface area contributed by atoms with Crippen LogP contribution in [-0.4, -0.2) is 90.8 Å². The second-order valence-electron chi connectivity index (χ2n) is 16.6. The van der Waals surface area contributed by atoms with Gasteiger partial charge in [0.25, 0.3) is 0 Å². The predicted octanol–water partition coefficient (Wildman–Crippen LogP) is 4.20. The summed E-state index contributed by atoms with van der Waals surface area (Å²) < 4.78 is 40.0. The molecular weight excluding hydrogens is 795 g/mol. The average Bonchev–Trinajstić information content (AvgIpc) is 3.12. The third-order valence-electron chi connectivity index (χ3n) is 8.25. The molecule has 16 nitrogen and oxygen atoms in total. The molecule has 0 spiro atoms. The first-order valence-corrected chi connectivity index (χ1v) is 21.4. The minimum Gasteiger partial charge on any atom is -0.460 e. The first kappa shape index (κ1) is 48.5. The fourth-order valence-electron chi connectivity index (χ4n) is 5.61. The first-order valence-electron chi connectivity index (χ1n) is 19.4. The van der Waals surface area contributed by atoms with Gasteiger partial charge >= 0.3 is 18.0 Å². The maximum atomic E-state index is 14.3. The number of nitrogens with one attached hydrogen (secondary N) is 4. The van der Waals surface area contributed by atoms with E-state index in [1.54, 1.807) is 110 Å². The number of benzene rings is 2. The summed E-state index contributed by atoms with van der Waals surface area (Å²) in [6, 6.07) is 14.1. The van der Waals surface area contributed by atoms with Gasteiger partial charge in [-0.2, -0.15) is 0 Å². The summed E-state index contributed by atoms with van der Waals surface area (Å²) >= 11 is 0. The van der Waals surface area contributed by atoms with Gasteiger partial charge in [0.05, 0.1) is 24.4 Å². The normalized spacial score (nSPS) is 14.0. The van der Waals surface area contributed by atoms with Crippen LogP contribution < -0.4 is 21.3 Å². The summed E-state index contributed by atoms with van der Waals surface area (Å²) in [7, 11) is -3.66. The van der Waals surface area contributed by atoms with Crippen LogP contribution in [0.25, 0.3) is 10.9 Å². The molecule has 2 aromatic carbocycles. The highest BCUT2D eigenvalue weighted by atomic mass is 32.2. The van der Waals surface area contributed by atoms with E-state index in [0.29, 0.717) is 16.8 Å². The van der Waals surface area contributed by atoms with E-state index >= 15 is 0 Å². The molecule has 0 saturated carbocycles. The van der Waals surface area contributed by atoms with Crippen LogP contribution in [0.15, 0.2) is 78.2 Å². The van der Waals surface area contributed by atoms with Crippen molar-refractivity contribution in [2.45, 2.75) is 117 Å². The van der Waals surface area contributed by atoms with Gasteiger partial charge in [-0.3, -0.25) is 29.0 Å². The van der Waals surface area contributed by atoms with Gasteiger partial charge in [0.1, 0.15) is 35.9 Å². The van der Waals surface area contributed by atoms with Gasteiger partial charge in [-0.25, -0.2) is 13.2 Å². The van der Waals surface area contributed by atoms with E-state index in [2.05, 4.69) is 26.3 Å². The Balaban J connectivity index is 1.94. The van der Waals surface area contributed by atoms with Gasteiger partial charge in [0, 0.05) is 29.2 Å². The number of rotatable bonds is 18. The third kappa shape index (κ3) is 18.0. The van der Waals surface area contributed by atoms with Crippen LogP contribution in [0, 0.1) is 5.92 Å². The maximum Gasteiger partial charge on any atom is 0.408 e. The second-order valence-corrected chi connectivity index (χ2v) is 18.5. The monoisotopic (exact) mass is 851 g/mol. The number of carbonyl (C=O) groups is 6. The lowest BCUT2D eigenvalue weighted by atomic mass is 10.0. The molecule has 0 aliphatic rings. The van der Waals surface area contributed by atoms with Gasteiger partial charge in [-0.1, -0.05) is 74.5 Å². The van der Waals surface area contributed by atoms with Gasteiger partial charge in [0.15, 0.2) is 9.84 Å². The molecule has 4 amide bonds. The molecular formula is C43H57N5O11S. The van der Waals surface area contributed by atoms with Crippen molar-refractivity contribution in [2.24, 2.45) is 5.92 Å². The van der Waals surface area contributed by atoms with Crippen molar-refractivity contribution in [3.05, 3.63) is 89.5 Å². The number of carbonyl (C=O) groups excluding carboxylic acids is 6. The van der Waals surface area contributed by atoms with E-state index in [9.17, 15) is 37.2 Å². The van der Waals surface area contributed by atoms with Crippen molar-refractivity contribution in [1.29, 1.82) is 0 Å². The van der Waals surface area contributed by atoms with Crippen molar-refractivity contribution in [1.82, 2.24) is 26.3 Å². The molecule has 17 heteroatoms. The van der Waals surface area contributed by atoms with Crippen molar-refractivity contribution in [3.8, 4) is 0 Å². The molecule has 3 aromatic rings. The number of hydrogen-bond acceptors (Lipinski definition) is 12. The SMILES string of the molecule is CC(C)[C@H](NC(=O)[C@H](Cc1ccc2ccccc2n1)NC(=O)[C@H](CC(=O)OC(C)(C)C)NC(=O)OCc1ccccc1)C(=O)N[C@H](/C=C/S(C)(=O)=O)CC(=O)OC(C)(C)C. The number of ether oxygens (including phenoxy) is 3. The lowest BCUT2D eigenvalue weighted by Gasteiger charge is -2.28. The molecule has 0 bridgehead atoms. The van der Waals surface area contributed by atoms with Crippen LogP contribution in [-0.2, 0) is 61.0 Å². The molecule has 1 heterocycles. The largest absolute Gasteiger partial charge is 0.460 e. The summed E-state index contributed by atoms with van der Waals surface area (Å²) in [4.78, 5) is 85.5. The Morgan fingerprint density at radius 1 is 0.700 bits per heavy atom. The molecule has 0 radical (unpaired) electrons. The number of nitrogens with zero attached hydrogens (tertiary/aromatic N) is 1. The van der Waals surface area contributed by atoms with Crippen LogP contribution in [0.3, 0.4) is 0 Å². The minimum atomic E-state index is -3.66. The second kappa shape index (κ2) is 21.4. The fraction of sp³-hybridized carbons (Fsp3) is 0.465. The Morgan fingerprint density at radius 2 is 1.28 bits per heavy atom. The van der Waals surface area contributed by atoms with Crippen molar-refractivity contribution < 1.29 is 51.4 Å². The van der Waals surface area contributed by atoms with Crippen LogP contribution >= 0.6 is 0 Å². The molecule has 4 N–H and O–H groups in total. The maximum absolute atomic E-state index is 14.3. The van der Waals surface area contributed by atoms with Crippen LogP contribution in [0.4, 0.5) is 4.79 Å². The van der Waals surface area contributed by atoms with Crippen molar-refractivity contribution in [2.75, 3.05) is 6.26 Å². The number of fused-ring (bicyclic) bond motifs is 1. The quantitative estimate of drug-likeness (QED) is 0.104. The molecule has 1 aromatic heterocycles. The van der Waals surface area contributed by atoms with E-state index in [4.69, 9.17) is 14.2 Å². The molecule has 60 heavy (non-hydrogen) atoms. The number of para-hydroxylation sites is 1. The zero-order chi connectivity index (χ0) is 44.8. The minimum absolute atomic E-state index is 0.132. The van der Waals surface area contributed by atoms with Crippen LogP contribution in [0.2, 0.25) is 0 Å². The average molecular weight is 852 g/mol. The van der Waals surface area contributed by atoms with Crippen molar-refractivity contribution >= 4 is 56.5 Å². The summed E-state index contributed by atoms with van der Waals surface area (Å²) in [5.74, 6) is -4.61. The van der Waals surface area contributed by atoms with E-state index < -0.39 is 99.7 Å². The summed E-state index contributed by atoms with van der Waals surface area (Å²) in [6.45, 7) is 13.1. The number of amides is 4. The molecule has 0 saturated heterocycles. The number of sulfone groups is 1. The molecule has 0 unspecified atom stereocenters. The van der Waals surface area contributed by atoms with Crippen LogP contribution in [0.5, 0.6) is 0 Å². The molecule has 326 valence electrons. The number of hydrogen-bond donors (Lipinski definition) is 4. The van der Waals surface area contributed by atoms with Crippen molar-refractivity contribution in [3.63, 3.8) is 0 Å². The Bertz CT molecular complexity index is 2130. The van der Waals surface area contributed by atoms with Gasteiger partial charge < -0.3 is 35.5 Å². The highest BCUT2D eigenvalue weighted by Gasteiger charge is 2.34. The van der Waals surface area contributed by atoms with E-state index in [0.717, 1.165) is 23.1 Å². The molecule has 0 aliphatic carbocycles. The first-order chi connectivity index (χ1) is 27.9. The van der Waals surface area contributed by atoms with E-state index in [1.165, 1.54) is 0 Å². The smallest absolute Gasteiger partial charge is 0.408 e. The fourth-order valence-corrected chi connectivity index (χ4v) is 6.08. The lowest BCUT2D eigenvalue weighted by Crippen LogP contribution is -2.59. The summed E-state index contributed by atoms with van der Waals surface area (Å²) in [6.07, 6.45) is -0.142. The van der Waals surface area contributed by atoms with Gasteiger partial charge in [-0.15, -0.1) is 0 Å². The zero-order valence-corrected chi connectivity index (χ0v) is 36.4. The summed E-state index contributed by atoms with van der Waals surface area (Å²) in [5.41, 5.74) is -0.101. The Kier molecular flexibility index (Phi) is 17.3. The highest BCUT2D eigenvalue weighted by molar-refractivity contribution is 7.93. The predicted molar refractivity (Wildman–Crippen MR) is 225 cm³/mol. The number of alkyl carbamates (subject to hydrolysis) is 1. The van der Waals surface area contributed by atoms with Gasteiger partial charge in [-0.05, 0) is 65.2 Å². The van der Waals surface area contributed by atoms with Crippen LogP contribution in [0.1, 0.15) is 79.5 Å². The number of aromatic nitrogens is 1. The standard InChI is InChI=1S/C43H57N5O11S/c1-27(2)37(40(53)45-31(21-22-60(9,55)56)24-35(49)58-42(3,4)5)48-39(52)33(23-30-20-19-29-17-13-14-18-32(29)44-30)46-38(51)34(25-36(50)59-43(6,7)8)47-41(54)57-26-28-15-11-10-12-16-28/h10-22,27,31,33-34,37H,23-26H2,1-9H3,(H,45,53)(H,46,51)(H,47,54)(H,48,52)/b22-21+/t31-,33+,34+,37+/m1/s1. The highest BCUT2D eigenvalue weighted by Crippen LogP contribution is 2.16. The number of pyridine rings is 1. The van der Waals surface area contributed by atoms with E-state index in [1.807, 2.05) is 12.1 Å². The molecule has 3 rings (SSSR count). The lowest BCUT2D eigenvalue weighted by molar-refractivity contribution is -0.157. The molecule has 0 fully saturated rings. The zero-order valence-electron chi connectivity index (χ0n) is 35.6. The Labute approximate surface area is 351 Å². The number of esters is 2. The summed E-state index contributed by atoms with van der Waals surface area (Å²) in [5, 5.41) is 12.0. The molecule has 0 aliphatic heterocycles. The third-order valence-corrected chi connectivity index (χ3v) is 8.91. The van der Waals surface area contributed by atoms with Gasteiger partial charge in [0.2, 0.25) is 17.7 Å².